The second-order valence-corrected chi connectivity index (χ2v) is 7.97. The number of aromatic nitrogens is 1. The minimum Gasteiger partial charge on any atom is -0.497 e. The Hall–Kier alpha value is -3.86. The standard InChI is InChI=1S/C25H21F2N3O3/c1-33-19-5-2-16(3-6-19)17-4-7-22-21(12-17)20(10-11-29-22)23(31)8-9-24(32)30-15-25(26,27)13-18(30)14-28/h2-7,10-12,18H,8-9,13,15H2,1H3/t18-/m0/s1. The van der Waals surface area contributed by atoms with Gasteiger partial charge in [0.05, 0.1) is 25.2 Å². The topological polar surface area (TPSA) is 83.3 Å². The summed E-state index contributed by atoms with van der Waals surface area (Å²) in [4.78, 5) is 30.6. The smallest absolute Gasteiger partial charge is 0.268 e. The molecule has 6 nitrogen and oxygen atoms in total. The largest absolute Gasteiger partial charge is 0.497 e. The molecule has 0 aliphatic carbocycles. The average Bonchev–Trinajstić information content (AvgIpc) is 3.16. The lowest BCUT2D eigenvalue weighted by atomic mass is 9.97. The number of methoxy groups -OCH3 is 1. The van der Waals surface area contributed by atoms with E-state index in [4.69, 9.17) is 10.00 Å². The number of halogens is 2. The van der Waals surface area contributed by atoms with Gasteiger partial charge in [0.1, 0.15) is 11.8 Å². The summed E-state index contributed by atoms with van der Waals surface area (Å²) in [5, 5.41) is 9.73. The molecule has 2 heterocycles. The van der Waals surface area contributed by atoms with Crippen molar-refractivity contribution in [3.63, 3.8) is 0 Å². The van der Waals surface area contributed by atoms with Gasteiger partial charge in [0, 0.05) is 36.4 Å². The molecule has 1 aromatic heterocycles. The number of fused-ring (bicyclic) bond motifs is 1. The number of hydrogen-bond donors (Lipinski definition) is 0. The fourth-order valence-corrected chi connectivity index (χ4v) is 4.05. The second-order valence-electron chi connectivity index (χ2n) is 7.97. The van der Waals surface area contributed by atoms with Crippen molar-refractivity contribution in [3.8, 4) is 22.9 Å². The number of amides is 1. The number of hydrogen-bond acceptors (Lipinski definition) is 5. The van der Waals surface area contributed by atoms with Crippen molar-refractivity contribution in [3.05, 3.63) is 60.3 Å². The van der Waals surface area contributed by atoms with Crippen LogP contribution in [0, 0.1) is 11.3 Å². The molecule has 168 valence electrons. The molecule has 1 saturated heterocycles. The molecule has 0 saturated carbocycles. The Balaban J connectivity index is 1.54. The Bertz CT molecular complexity index is 1250. The lowest BCUT2D eigenvalue weighted by molar-refractivity contribution is -0.132. The Kier molecular flexibility index (Phi) is 6.05. The van der Waals surface area contributed by atoms with Gasteiger partial charge in [-0.1, -0.05) is 18.2 Å². The van der Waals surface area contributed by atoms with Crippen molar-refractivity contribution in [2.45, 2.75) is 31.2 Å². The molecule has 0 radical (unpaired) electrons. The number of nitriles is 1. The van der Waals surface area contributed by atoms with Gasteiger partial charge in [-0.15, -0.1) is 0 Å². The van der Waals surface area contributed by atoms with Crippen LogP contribution >= 0.6 is 0 Å². The quantitative estimate of drug-likeness (QED) is 0.512. The van der Waals surface area contributed by atoms with Crippen LogP contribution in [0.5, 0.6) is 5.75 Å². The molecule has 0 spiro atoms. The van der Waals surface area contributed by atoms with Crippen molar-refractivity contribution >= 4 is 22.6 Å². The highest BCUT2D eigenvalue weighted by Gasteiger charge is 2.47. The second kappa shape index (κ2) is 8.94. The molecule has 0 bridgehead atoms. The van der Waals surface area contributed by atoms with Gasteiger partial charge in [-0.25, -0.2) is 8.78 Å². The number of ether oxygens (including phenoxy) is 1. The summed E-state index contributed by atoms with van der Waals surface area (Å²) in [5.74, 6) is -3.26. The van der Waals surface area contributed by atoms with Crippen LogP contribution in [-0.2, 0) is 4.79 Å². The van der Waals surface area contributed by atoms with E-state index in [2.05, 4.69) is 4.98 Å². The molecule has 3 aromatic rings. The van der Waals surface area contributed by atoms with E-state index < -0.39 is 30.8 Å². The maximum Gasteiger partial charge on any atom is 0.268 e. The number of benzene rings is 2. The van der Waals surface area contributed by atoms with Crippen molar-refractivity contribution in [1.82, 2.24) is 9.88 Å². The van der Waals surface area contributed by atoms with Gasteiger partial charge in [0.25, 0.3) is 5.92 Å². The van der Waals surface area contributed by atoms with Crippen molar-refractivity contribution < 1.29 is 23.1 Å². The number of likely N-dealkylation sites (tertiary alicyclic amines) is 1. The van der Waals surface area contributed by atoms with E-state index in [1.54, 1.807) is 19.2 Å². The molecule has 8 heteroatoms. The van der Waals surface area contributed by atoms with Crippen LogP contribution in [0.15, 0.2) is 54.7 Å². The zero-order valence-corrected chi connectivity index (χ0v) is 17.9. The number of alkyl halides is 2. The highest BCUT2D eigenvalue weighted by molar-refractivity contribution is 6.08. The number of carbonyl (C=O) groups is 2. The third-order valence-corrected chi connectivity index (χ3v) is 5.77. The van der Waals surface area contributed by atoms with Gasteiger partial charge in [0.15, 0.2) is 5.78 Å². The number of pyridine rings is 1. The average molecular weight is 449 g/mol. The lowest BCUT2D eigenvalue weighted by Gasteiger charge is -2.18. The van der Waals surface area contributed by atoms with Crippen LogP contribution in [-0.4, -0.2) is 47.2 Å². The zero-order chi connectivity index (χ0) is 23.6. The van der Waals surface area contributed by atoms with Crippen molar-refractivity contribution in [2.75, 3.05) is 13.7 Å². The van der Waals surface area contributed by atoms with Crippen LogP contribution < -0.4 is 4.74 Å². The van der Waals surface area contributed by atoms with Gasteiger partial charge in [-0.05, 0) is 41.5 Å². The molecule has 0 N–H and O–H groups in total. The Labute approximate surface area is 189 Å². The van der Waals surface area contributed by atoms with Crippen LogP contribution in [0.2, 0.25) is 0 Å². The maximum absolute atomic E-state index is 13.6. The van der Waals surface area contributed by atoms with Gasteiger partial charge >= 0.3 is 0 Å². The first kappa shape index (κ1) is 22.3. The van der Waals surface area contributed by atoms with Crippen LogP contribution in [0.4, 0.5) is 8.78 Å². The van der Waals surface area contributed by atoms with Gasteiger partial charge < -0.3 is 9.64 Å². The molecule has 1 fully saturated rings. The molecule has 33 heavy (non-hydrogen) atoms. The molecule has 2 aromatic carbocycles. The lowest BCUT2D eigenvalue weighted by Crippen LogP contribution is -2.36. The molecule has 1 aliphatic heterocycles. The highest BCUT2D eigenvalue weighted by atomic mass is 19.3. The summed E-state index contributed by atoms with van der Waals surface area (Å²) in [6.07, 6.45) is 0.462. The normalized spacial score (nSPS) is 17.0. The summed E-state index contributed by atoms with van der Waals surface area (Å²) in [6.45, 7) is -0.790. The van der Waals surface area contributed by atoms with E-state index in [0.717, 1.165) is 21.8 Å². The fourth-order valence-electron chi connectivity index (χ4n) is 4.05. The summed E-state index contributed by atoms with van der Waals surface area (Å²) >= 11 is 0. The van der Waals surface area contributed by atoms with E-state index in [1.165, 1.54) is 6.20 Å². The van der Waals surface area contributed by atoms with Gasteiger partial charge in [-0.3, -0.25) is 14.6 Å². The minimum absolute atomic E-state index is 0.148. The van der Waals surface area contributed by atoms with Crippen LogP contribution in [0.25, 0.3) is 22.0 Å². The summed E-state index contributed by atoms with van der Waals surface area (Å²) in [7, 11) is 1.59. The summed E-state index contributed by atoms with van der Waals surface area (Å²) in [5.41, 5.74) is 2.87. The number of nitrogens with zero attached hydrogens (tertiary/aromatic N) is 3. The predicted molar refractivity (Wildman–Crippen MR) is 118 cm³/mol. The highest BCUT2D eigenvalue weighted by Crippen LogP contribution is 2.32. The van der Waals surface area contributed by atoms with Crippen LogP contribution in [0.3, 0.4) is 0 Å². The first-order chi connectivity index (χ1) is 15.8. The first-order valence-electron chi connectivity index (χ1n) is 10.4. The van der Waals surface area contributed by atoms with Gasteiger partial charge in [0.2, 0.25) is 5.91 Å². The monoisotopic (exact) mass is 449 g/mol. The van der Waals surface area contributed by atoms with Crippen molar-refractivity contribution in [1.29, 1.82) is 5.26 Å². The number of Topliss-reactive ketones (excluding diaryl/α,β-unsaturated/α-hetero) is 1. The maximum atomic E-state index is 13.6. The number of ketones is 1. The molecular weight excluding hydrogens is 428 g/mol. The Morgan fingerprint density at radius 1 is 1.15 bits per heavy atom. The number of rotatable bonds is 6. The van der Waals surface area contributed by atoms with E-state index in [-0.39, 0.29) is 18.6 Å². The Morgan fingerprint density at radius 3 is 2.58 bits per heavy atom. The molecule has 1 atom stereocenters. The number of carbonyl (C=O) groups excluding carboxylic acids is 2. The molecular formula is C25H21F2N3O3. The minimum atomic E-state index is -3.08. The predicted octanol–water partition coefficient (Wildman–Crippen LogP) is 4.63. The van der Waals surface area contributed by atoms with Crippen molar-refractivity contribution in [2.24, 2.45) is 0 Å². The molecule has 0 unspecified atom stereocenters. The third-order valence-electron chi connectivity index (χ3n) is 5.77. The first-order valence-corrected chi connectivity index (χ1v) is 10.4. The molecule has 1 aliphatic rings. The molecule has 4 rings (SSSR count). The third kappa shape index (κ3) is 4.67. The van der Waals surface area contributed by atoms with E-state index in [1.807, 2.05) is 42.5 Å². The van der Waals surface area contributed by atoms with E-state index in [0.29, 0.717) is 16.5 Å². The van der Waals surface area contributed by atoms with Crippen LogP contribution in [0.1, 0.15) is 29.6 Å². The van der Waals surface area contributed by atoms with E-state index >= 15 is 0 Å². The molecule has 1 amide bonds. The summed E-state index contributed by atoms with van der Waals surface area (Å²) < 4.78 is 32.4. The zero-order valence-electron chi connectivity index (χ0n) is 17.9. The summed E-state index contributed by atoms with van der Waals surface area (Å²) in [6, 6.07) is 15.3. The van der Waals surface area contributed by atoms with E-state index in [9.17, 15) is 18.4 Å². The Morgan fingerprint density at radius 2 is 1.88 bits per heavy atom. The SMILES string of the molecule is COc1ccc(-c2ccc3nccc(C(=O)CCC(=O)N4CC(F)(F)C[C@H]4C#N)c3c2)cc1. The van der Waals surface area contributed by atoms with Gasteiger partial charge in [-0.2, -0.15) is 5.26 Å². The fraction of sp³-hybridized carbons (Fsp3) is 0.280.